The van der Waals surface area contributed by atoms with Gasteiger partial charge in [0.2, 0.25) is 17.7 Å². The number of H-pyrrole nitrogens is 2. The van der Waals surface area contributed by atoms with Crippen molar-refractivity contribution in [1.82, 2.24) is 30.9 Å². The number of fused-ring (bicyclic) bond motifs is 1. The fourth-order valence-electron chi connectivity index (χ4n) is 4.18. The molecule has 1 aromatic carbocycles. The second-order valence-electron chi connectivity index (χ2n) is 9.57. The van der Waals surface area contributed by atoms with E-state index in [1.807, 2.05) is 24.3 Å². The molecule has 15 heteroatoms. The molecule has 5 unspecified atom stereocenters. The van der Waals surface area contributed by atoms with Crippen LogP contribution in [-0.4, -0.2) is 90.2 Å². The Kier molecular flexibility index (Phi) is 10.5. The largest absolute Gasteiger partial charge is 0.481 e. The van der Waals surface area contributed by atoms with Crippen LogP contribution in [0.5, 0.6) is 0 Å². The van der Waals surface area contributed by atoms with Crippen LogP contribution in [0, 0.1) is 0 Å². The molecule has 10 N–H and O–H groups in total. The average Bonchev–Trinajstić information content (AvgIpc) is 3.58. The number of rotatable bonds is 15. The quantitative estimate of drug-likeness (QED) is 0.105. The van der Waals surface area contributed by atoms with Gasteiger partial charge >= 0.3 is 11.9 Å². The molecule has 220 valence electrons. The molecule has 0 fully saturated rings. The number of para-hydroxylation sites is 1. The maximum Gasteiger partial charge on any atom is 0.326 e. The number of aromatic amines is 2. The summed E-state index contributed by atoms with van der Waals surface area (Å²) in [6.07, 6.45) is 2.31. The molecule has 41 heavy (non-hydrogen) atoms. The summed E-state index contributed by atoms with van der Waals surface area (Å²) in [7, 11) is 0. The van der Waals surface area contributed by atoms with Crippen LogP contribution >= 0.6 is 0 Å². The number of carbonyl (C=O) groups is 5. The van der Waals surface area contributed by atoms with Crippen molar-refractivity contribution >= 4 is 40.6 Å². The first kappa shape index (κ1) is 30.8. The summed E-state index contributed by atoms with van der Waals surface area (Å²) in [4.78, 5) is 71.5. The molecule has 0 radical (unpaired) electrons. The van der Waals surface area contributed by atoms with Gasteiger partial charge in [0.25, 0.3) is 0 Å². The number of aromatic nitrogens is 3. The number of amides is 3. The first-order chi connectivity index (χ1) is 19.5. The number of imidazole rings is 1. The van der Waals surface area contributed by atoms with Gasteiger partial charge in [0.05, 0.1) is 18.5 Å². The highest BCUT2D eigenvalue weighted by molar-refractivity contribution is 5.95. The van der Waals surface area contributed by atoms with Gasteiger partial charge in [0, 0.05) is 48.3 Å². The van der Waals surface area contributed by atoms with Gasteiger partial charge in [0.1, 0.15) is 18.1 Å². The van der Waals surface area contributed by atoms with E-state index in [1.165, 1.54) is 19.4 Å². The first-order valence-corrected chi connectivity index (χ1v) is 12.8. The molecule has 3 rings (SSSR count). The van der Waals surface area contributed by atoms with Gasteiger partial charge in [-0.05, 0) is 25.0 Å². The molecule has 2 heterocycles. The summed E-state index contributed by atoms with van der Waals surface area (Å²) in [6, 6.07) is 1.83. The van der Waals surface area contributed by atoms with Crippen molar-refractivity contribution in [2.24, 2.45) is 5.73 Å². The van der Waals surface area contributed by atoms with Crippen molar-refractivity contribution in [3.63, 3.8) is 0 Å². The lowest BCUT2D eigenvalue weighted by molar-refractivity contribution is -0.144. The number of carboxylic acid groups (broad SMARTS) is 2. The van der Waals surface area contributed by atoms with Crippen LogP contribution < -0.4 is 21.7 Å². The monoisotopic (exact) mass is 571 g/mol. The van der Waals surface area contributed by atoms with Gasteiger partial charge < -0.3 is 47.0 Å². The lowest BCUT2D eigenvalue weighted by atomic mass is 10.0. The van der Waals surface area contributed by atoms with Crippen LogP contribution in [0.1, 0.15) is 31.0 Å². The highest BCUT2D eigenvalue weighted by atomic mass is 16.4. The smallest absolute Gasteiger partial charge is 0.326 e. The van der Waals surface area contributed by atoms with E-state index in [0.717, 1.165) is 10.9 Å². The molecule has 5 atom stereocenters. The summed E-state index contributed by atoms with van der Waals surface area (Å²) in [5, 5.41) is 36.4. The maximum atomic E-state index is 13.5. The Morgan fingerprint density at radius 3 is 2.29 bits per heavy atom. The van der Waals surface area contributed by atoms with Crippen LogP contribution in [0.25, 0.3) is 10.9 Å². The predicted octanol–water partition coefficient (Wildman–Crippen LogP) is -1.21. The average molecular weight is 572 g/mol. The van der Waals surface area contributed by atoms with Crippen molar-refractivity contribution in [2.45, 2.75) is 62.9 Å². The highest BCUT2D eigenvalue weighted by Gasteiger charge is 2.33. The summed E-state index contributed by atoms with van der Waals surface area (Å²) >= 11 is 0. The molecule has 15 nitrogen and oxygen atoms in total. The second-order valence-corrected chi connectivity index (χ2v) is 9.57. The number of hydrogen-bond acceptors (Lipinski definition) is 8. The third kappa shape index (κ3) is 8.61. The van der Waals surface area contributed by atoms with E-state index in [-0.39, 0.29) is 12.8 Å². The Balaban J connectivity index is 1.80. The van der Waals surface area contributed by atoms with Gasteiger partial charge in [-0.25, -0.2) is 9.78 Å². The Labute approximate surface area is 233 Å². The number of aliphatic hydroxyl groups is 1. The van der Waals surface area contributed by atoms with Crippen molar-refractivity contribution in [3.8, 4) is 0 Å². The Morgan fingerprint density at radius 2 is 1.66 bits per heavy atom. The highest BCUT2D eigenvalue weighted by Crippen LogP contribution is 2.19. The summed E-state index contributed by atoms with van der Waals surface area (Å²) in [5.74, 6) is -5.27. The van der Waals surface area contributed by atoms with Gasteiger partial charge in [-0.15, -0.1) is 0 Å². The number of hydrogen-bond donors (Lipinski definition) is 9. The molecule has 0 spiro atoms. The Morgan fingerprint density at radius 1 is 0.951 bits per heavy atom. The zero-order valence-corrected chi connectivity index (χ0v) is 22.2. The van der Waals surface area contributed by atoms with E-state index in [2.05, 4.69) is 30.9 Å². The number of benzene rings is 1. The number of nitrogens with zero attached hydrogens (tertiary/aromatic N) is 1. The molecular formula is C26H33N7O8. The van der Waals surface area contributed by atoms with Crippen molar-refractivity contribution in [2.75, 3.05) is 0 Å². The molecule has 0 saturated heterocycles. The van der Waals surface area contributed by atoms with Crippen LogP contribution in [0.3, 0.4) is 0 Å². The summed E-state index contributed by atoms with van der Waals surface area (Å²) in [6.45, 7) is 1.21. The standard InChI is InChI=1S/C26H33N7O8/c1-13(34)22(25(39)31-19(26(40)41)6-7-21(35)36)33-24(38)20(8-14-10-29-18-5-3-2-4-16(14)18)32-23(37)17(27)9-15-11-28-12-30-15/h2-5,10-13,17,19-20,22,29,34H,6-9,27H2,1H3,(H,28,30)(H,31,39)(H,32,37)(H,33,38)(H,35,36)(H,40,41). The van der Waals surface area contributed by atoms with Crippen LogP contribution in [0.4, 0.5) is 0 Å². The maximum absolute atomic E-state index is 13.5. The van der Waals surface area contributed by atoms with Gasteiger partial charge in [-0.2, -0.15) is 0 Å². The van der Waals surface area contributed by atoms with E-state index in [1.54, 1.807) is 6.20 Å². The van der Waals surface area contributed by atoms with Crippen molar-refractivity contribution in [3.05, 3.63) is 54.2 Å². The molecule has 2 aromatic heterocycles. The van der Waals surface area contributed by atoms with Gasteiger partial charge in [-0.3, -0.25) is 19.2 Å². The SMILES string of the molecule is CC(O)C(NC(=O)C(Cc1c[nH]c2ccccc12)NC(=O)C(N)Cc1cnc[nH]1)C(=O)NC(CCC(=O)O)C(=O)O. The van der Waals surface area contributed by atoms with E-state index >= 15 is 0 Å². The van der Waals surface area contributed by atoms with Crippen LogP contribution in [0.2, 0.25) is 0 Å². The molecule has 0 saturated carbocycles. The normalized spacial score (nSPS) is 14.8. The first-order valence-electron chi connectivity index (χ1n) is 12.8. The third-order valence-electron chi connectivity index (χ3n) is 6.39. The zero-order valence-electron chi connectivity index (χ0n) is 22.2. The molecule has 3 amide bonds. The molecule has 0 aliphatic carbocycles. The van der Waals surface area contributed by atoms with Crippen molar-refractivity contribution in [1.29, 1.82) is 0 Å². The minimum atomic E-state index is -1.62. The Hall–Kier alpha value is -4.76. The van der Waals surface area contributed by atoms with E-state index in [0.29, 0.717) is 11.3 Å². The fraction of sp³-hybridized carbons (Fsp3) is 0.385. The number of carboxylic acids is 2. The van der Waals surface area contributed by atoms with Gasteiger partial charge in [0.15, 0.2) is 0 Å². The third-order valence-corrected chi connectivity index (χ3v) is 6.39. The molecular weight excluding hydrogens is 538 g/mol. The number of carbonyl (C=O) groups excluding carboxylic acids is 3. The van der Waals surface area contributed by atoms with Crippen LogP contribution in [0.15, 0.2) is 43.0 Å². The second kappa shape index (κ2) is 14.0. The zero-order chi connectivity index (χ0) is 30.1. The lowest BCUT2D eigenvalue weighted by Gasteiger charge is -2.26. The number of nitrogens with one attached hydrogen (secondary N) is 5. The number of aliphatic hydroxyl groups excluding tert-OH is 1. The fourth-order valence-corrected chi connectivity index (χ4v) is 4.18. The summed E-state index contributed by atoms with van der Waals surface area (Å²) < 4.78 is 0. The van der Waals surface area contributed by atoms with E-state index in [9.17, 15) is 34.2 Å². The van der Waals surface area contributed by atoms with E-state index in [4.69, 9.17) is 10.8 Å². The number of aliphatic carboxylic acids is 2. The summed E-state index contributed by atoms with van der Waals surface area (Å²) in [5.41, 5.74) is 8.13. The Bertz CT molecular complexity index is 1370. The van der Waals surface area contributed by atoms with E-state index < -0.39 is 72.8 Å². The number of nitrogens with two attached hydrogens (primary N) is 1. The molecule has 0 aliphatic heterocycles. The lowest BCUT2D eigenvalue weighted by Crippen LogP contribution is -2.60. The molecule has 3 aromatic rings. The van der Waals surface area contributed by atoms with Gasteiger partial charge in [-0.1, -0.05) is 18.2 Å². The van der Waals surface area contributed by atoms with Crippen molar-refractivity contribution < 1.29 is 39.3 Å². The molecule has 0 bridgehead atoms. The topological polar surface area (TPSA) is 253 Å². The molecule has 0 aliphatic rings. The van der Waals surface area contributed by atoms with Crippen LogP contribution in [-0.2, 0) is 36.8 Å². The predicted molar refractivity (Wildman–Crippen MR) is 144 cm³/mol. The minimum absolute atomic E-state index is 0.0110. The minimum Gasteiger partial charge on any atom is -0.481 e.